The predicted molar refractivity (Wildman–Crippen MR) is 55.6 cm³/mol. The molecule has 2 heteroatoms. The number of aromatic nitrogens is 1. The highest BCUT2D eigenvalue weighted by molar-refractivity contribution is 5.81. The van der Waals surface area contributed by atoms with Crippen molar-refractivity contribution in [2.75, 3.05) is 0 Å². The third-order valence-electron chi connectivity index (χ3n) is 2.47. The second-order valence-corrected chi connectivity index (χ2v) is 3.24. The third-order valence-corrected chi connectivity index (χ3v) is 2.47. The second kappa shape index (κ2) is 3.23. The van der Waals surface area contributed by atoms with Crippen molar-refractivity contribution in [3.8, 4) is 0 Å². The molecule has 68 valence electrons. The summed E-state index contributed by atoms with van der Waals surface area (Å²) in [6.45, 7) is 2.79. The van der Waals surface area contributed by atoms with Gasteiger partial charge in [0.2, 0.25) is 0 Å². The zero-order valence-electron chi connectivity index (χ0n) is 7.80. The van der Waals surface area contributed by atoms with Crippen molar-refractivity contribution < 1.29 is 0 Å². The predicted octanol–water partition coefficient (Wildman–Crippen LogP) is 2.19. The molecule has 0 saturated heterocycles. The number of fused-ring (bicyclic) bond motifs is 1. The van der Waals surface area contributed by atoms with Gasteiger partial charge in [-0.3, -0.25) is 0 Å². The molecule has 13 heavy (non-hydrogen) atoms. The van der Waals surface area contributed by atoms with Gasteiger partial charge in [-0.25, -0.2) is 0 Å². The van der Waals surface area contributed by atoms with Gasteiger partial charge in [-0.2, -0.15) is 0 Å². The molecule has 0 saturated carbocycles. The fraction of sp³-hybridized carbons (Fsp3) is 0.273. The smallest absolute Gasteiger partial charge is 0.0456 e. The molecule has 2 nitrogen and oxygen atoms in total. The molecule has 1 aromatic heterocycles. The Morgan fingerprint density at radius 3 is 2.85 bits per heavy atom. The Bertz CT molecular complexity index is 377. The lowest BCUT2D eigenvalue weighted by atomic mass is 10.0. The number of hydrogen-bond acceptors (Lipinski definition) is 1. The monoisotopic (exact) mass is 174 g/mol. The molecule has 0 aliphatic rings. The minimum absolute atomic E-state index is 0.629. The normalized spacial score (nSPS) is 10.9. The molecule has 2 rings (SSSR count). The maximum absolute atomic E-state index is 5.68. The van der Waals surface area contributed by atoms with Gasteiger partial charge < -0.3 is 10.7 Å². The van der Waals surface area contributed by atoms with Crippen LogP contribution >= 0.6 is 0 Å². The fourth-order valence-corrected chi connectivity index (χ4v) is 1.71. The Labute approximate surface area is 77.8 Å². The van der Waals surface area contributed by atoms with Gasteiger partial charge in [0.25, 0.3) is 0 Å². The van der Waals surface area contributed by atoms with Gasteiger partial charge in [0.1, 0.15) is 0 Å². The summed E-state index contributed by atoms with van der Waals surface area (Å²) in [7, 11) is 0. The molecule has 0 unspecified atom stereocenters. The van der Waals surface area contributed by atoms with E-state index in [1.54, 1.807) is 0 Å². The van der Waals surface area contributed by atoms with E-state index >= 15 is 0 Å². The first-order valence-electron chi connectivity index (χ1n) is 4.64. The molecule has 0 radical (unpaired) electrons. The van der Waals surface area contributed by atoms with E-state index in [0.717, 1.165) is 6.42 Å². The number of benzene rings is 1. The summed E-state index contributed by atoms with van der Waals surface area (Å²) in [4.78, 5) is 3.20. The van der Waals surface area contributed by atoms with Crippen molar-refractivity contribution in [1.82, 2.24) is 4.98 Å². The van der Waals surface area contributed by atoms with E-state index in [1.165, 1.54) is 22.0 Å². The SMILES string of the molecule is CCc1cc2[nH]ccc2cc1CN. The van der Waals surface area contributed by atoms with Gasteiger partial charge in [-0.05, 0) is 41.1 Å². The second-order valence-electron chi connectivity index (χ2n) is 3.24. The first-order chi connectivity index (χ1) is 6.35. The van der Waals surface area contributed by atoms with Crippen LogP contribution in [-0.4, -0.2) is 4.98 Å². The van der Waals surface area contributed by atoms with E-state index in [0.29, 0.717) is 6.54 Å². The molecular formula is C11H14N2. The van der Waals surface area contributed by atoms with Crippen molar-refractivity contribution >= 4 is 10.9 Å². The highest BCUT2D eigenvalue weighted by Crippen LogP contribution is 2.19. The number of H-pyrrole nitrogens is 1. The summed E-state index contributed by atoms with van der Waals surface area (Å²) in [5.41, 5.74) is 9.48. The molecule has 1 aromatic carbocycles. The lowest BCUT2D eigenvalue weighted by molar-refractivity contribution is 1.01. The Hall–Kier alpha value is -1.28. The minimum atomic E-state index is 0.629. The van der Waals surface area contributed by atoms with E-state index in [1.807, 2.05) is 6.20 Å². The number of hydrogen-bond donors (Lipinski definition) is 2. The number of rotatable bonds is 2. The molecule has 2 aromatic rings. The standard InChI is InChI=1S/C11H14N2/c1-2-8-6-11-9(3-4-13-11)5-10(8)7-12/h3-6,13H,2,7,12H2,1H3. The van der Waals surface area contributed by atoms with E-state index < -0.39 is 0 Å². The Balaban J connectivity index is 2.67. The summed E-state index contributed by atoms with van der Waals surface area (Å²) in [5.74, 6) is 0. The molecule has 1 heterocycles. The first kappa shape index (κ1) is 8.32. The lowest BCUT2D eigenvalue weighted by Crippen LogP contribution is -2.00. The van der Waals surface area contributed by atoms with Crippen molar-refractivity contribution in [3.63, 3.8) is 0 Å². The van der Waals surface area contributed by atoms with Crippen molar-refractivity contribution in [2.45, 2.75) is 19.9 Å². The number of aromatic amines is 1. The van der Waals surface area contributed by atoms with Crippen molar-refractivity contribution in [3.05, 3.63) is 35.5 Å². The van der Waals surface area contributed by atoms with Crippen LogP contribution in [0.2, 0.25) is 0 Å². The van der Waals surface area contributed by atoms with Gasteiger partial charge >= 0.3 is 0 Å². The summed E-state index contributed by atoms with van der Waals surface area (Å²) in [6, 6.07) is 6.44. The fourth-order valence-electron chi connectivity index (χ4n) is 1.71. The molecular weight excluding hydrogens is 160 g/mol. The van der Waals surface area contributed by atoms with Crippen LogP contribution in [0.25, 0.3) is 10.9 Å². The van der Waals surface area contributed by atoms with E-state index in [9.17, 15) is 0 Å². The van der Waals surface area contributed by atoms with Crippen LogP contribution in [0.15, 0.2) is 24.4 Å². The van der Waals surface area contributed by atoms with Crippen LogP contribution in [0.4, 0.5) is 0 Å². The molecule has 0 bridgehead atoms. The molecule has 0 fully saturated rings. The van der Waals surface area contributed by atoms with Crippen LogP contribution in [0.5, 0.6) is 0 Å². The topological polar surface area (TPSA) is 41.8 Å². The molecule has 0 atom stereocenters. The lowest BCUT2D eigenvalue weighted by Gasteiger charge is -2.05. The van der Waals surface area contributed by atoms with E-state index in [-0.39, 0.29) is 0 Å². The van der Waals surface area contributed by atoms with Crippen LogP contribution in [0.3, 0.4) is 0 Å². The highest BCUT2D eigenvalue weighted by atomic mass is 14.7. The number of aryl methyl sites for hydroxylation is 1. The molecule has 0 aliphatic carbocycles. The zero-order valence-corrected chi connectivity index (χ0v) is 7.80. The Morgan fingerprint density at radius 1 is 1.31 bits per heavy atom. The molecule has 0 aliphatic heterocycles. The van der Waals surface area contributed by atoms with Crippen LogP contribution in [0, 0.1) is 0 Å². The van der Waals surface area contributed by atoms with Crippen LogP contribution in [0.1, 0.15) is 18.1 Å². The van der Waals surface area contributed by atoms with Crippen molar-refractivity contribution in [2.24, 2.45) is 5.73 Å². The number of nitrogens with one attached hydrogen (secondary N) is 1. The molecule has 3 N–H and O–H groups in total. The highest BCUT2D eigenvalue weighted by Gasteiger charge is 2.02. The largest absolute Gasteiger partial charge is 0.361 e. The van der Waals surface area contributed by atoms with Gasteiger partial charge in [-0.1, -0.05) is 6.92 Å². The average Bonchev–Trinajstić information content (AvgIpc) is 2.62. The Morgan fingerprint density at radius 2 is 2.15 bits per heavy atom. The van der Waals surface area contributed by atoms with E-state index in [2.05, 4.69) is 30.1 Å². The Kier molecular flexibility index (Phi) is 2.07. The van der Waals surface area contributed by atoms with Gasteiger partial charge in [0, 0.05) is 18.3 Å². The number of nitrogens with two attached hydrogens (primary N) is 1. The van der Waals surface area contributed by atoms with Crippen LogP contribution in [-0.2, 0) is 13.0 Å². The van der Waals surface area contributed by atoms with Gasteiger partial charge in [-0.15, -0.1) is 0 Å². The zero-order chi connectivity index (χ0) is 9.26. The quantitative estimate of drug-likeness (QED) is 0.720. The summed E-state index contributed by atoms with van der Waals surface area (Å²) in [5, 5.41) is 1.25. The van der Waals surface area contributed by atoms with E-state index in [4.69, 9.17) is 5.73 Å². The minimum Gasteiger partial charge on any atom is -0.361 e. The molecule has 0 amide bonds. The third kappa shape index (κ3) is 1.33. The summed E-state index contributed by atoms with van der Waals surface area (Å²) >= 11 is 0. The summed E-state index contributed by atoms with van der Waals surface area (Å²) < 4.78 is 0. The van der Waals surface area contributed by atoms with Crippen molar-refractivity contribution in [1.29, 1.82) is 0 Å². The van der Waals surface area contributed by atoms with Gasteiger partial charge in [0.15, 0.2) is 0 Å². The van der Waals surface area contributed by atoms with Crippen LogP contribution < -0.4 is 5.73 Å². The maximum atomic E-state index is 5.68. The van der Waals surface area contributed by atoms with Gasteiger partial charge in [0.05, 0.1) is 0 Å². The maximum Gasteiger partial charge on any atom is 0.0456 e. The average molecular weight is 174 g/mol. The first-order valence-corrected chi connectivity index (χ1v) is 4.64. The molecule has 0 spiro atoms. The summed E-state index contributed by atoms with van der Waals surface area (Å²) in [6.07, 6.45) is 3.01.